The Labute approximate surface area is 98.4 Å². The summed E-state index contributed by atoms with van der Waals surface area (Å²) in [6, 6.07) is 0.394. The zero-order valence-electron chi connectivity index (χ0n) is 10.3. The molecule has 1 unspecified atom stereocenters. The third-order valence-corrected chi connectivity index (χ3v) is 3.99. The van der Waals surface area contributed by atoms with E-state index in [1.165, 1.54) is 32.1 Å². The van der Waals surface area contributed by atoms with Crippen LogP contribution in [0.4, 0.5) is 0 Å². The van der Waals surface area contributed by atoms with Crippen LogP contribution in [0.5, 0.6) is 0 Å². The highest BCUT2D eigenvalue weighted by Crippen LogP contribution is 2.28. The largest absolute Gasteiger partial charge is 0.356 e. The molecule has 0 aromatic carbocycles. The van der Waals surface area contributed by atoms with Gasteiger partial charge in [-0.25, -0.2) is 0 Å². The van der Waals surface area contributed by atoms with Crippen molar-refractivity contribution < 1.29 is 4.79 Å². The molecule has 1 amide bonds. The van der Waals surface area contributed by atoms with Crippen LogP contribution in [-0.2, 0) is 4.79 Å². The molecule has 0 spiro atoms. The van der Waals surface area contributed by atoms with Crippen LogP contribution in [0.2, 0.25) is 0 Å². The van der Waals surface area contributed by atoms with Gasteiger partial charge in [0.15, 0.2) is 0 Å². The molecular weight excluding hydrogens is 200 g/mol. The van der Waals surface area contributed by atoms with Crippen LogP contribution in [-0.4, -0.2) is 24.0 Å². The topological polar surface area (TPSA) is 41.1 Å². The van der Waals surface area contributed by atoms with E-state index in [1.807, 2.05) is 0 Å². The fraction of sp³-hybridized carbons (Fsp3) is 0.923. The molecule has 1 saturated heterocycles. The third-order valence-electron chi connectivity index (χ3n) is 3.99. The molecule has 1 aliphatic heterocycles. The summed E-state index contributed by atoms with van der Waals surface area (Å²) in [5.74, 6) is 0.217. The molecule has 2 rings (SSSR count). The maximum atomic E-state index is 11.5. The maximum absolute atomic E-state index is 11.5. The molecule has 2 fully saturated rings. The Kier molecular flexibility index (Phi) is 3.85. The summed E-state index contributed by atoms with van der Waals surface area (Å²) in [5, 5.41) is 6.69. The van der Waals surface area contributed by atoms with Gasteiger partial charge in [0.05, 0.1) is 0 Å². The molecule has 1 heterocycles. The highest BCUT2D eigenvalue weighted by molar-refractivity contribution is 5.76. The Morgan fingerprint density at radius 1 is 1.25 bits per heavy atom. The van der Waals surface area contributed by atoms with Gasteiger partial charge in [0.2, 0.25) is 5.91 Å². The minimum absolute atomic E-state index is 0.217. The third kappa shape index (κ3) is 3.21. The summed E-state index contributed by atoms with van der Waals surface area (Å²) in [7, 11) is 0. The van der Waals surface area contributed by atoms with E-state index in [-0.39, 0.29) is 11.4 Å². The van der Waals surface area contributed by atoms with Crippen molar-refractivity contribution in [3.05, 3.63) is 0 Å². The number of rotatable bonds is 2. The van der Waals surface area contributed by atoms with Crippen LogP contribution >= 0.6 is 0 Å². The predicted molar refractivity (Wildman–Crippen MR) is 65.3 cm³/mol. The Balaban J connectivity index is 1.88. The van der Waals surface area contributed by atoms with Crippen LogP contribution in [0.3, 0.4) is 0 Å². The second-order valence-corrected chi connectivity index (χ2v) is 5.66. The SMILES string of the molecule is CC1(NC2CCCNC(=O)C2)CCCCC1. The van der Waals surface area contributed by atoms with Crippen molar-refractivity contribution >= 4 is 5.91 Å². The van der Waals surface area contributed by atoms with E-state index in [2.05, 4.69) is 17.6 Å². The summed E-state index contributed by atoms with van der Waals surface area (Å²) < 4.78 is 0. The molecule has 2 aliphatic rings. The fourth-order valence-corrected chi connectivity index (χ4v) is 3.07. The molecule has 1 aliphatic carbocycles. The van der Waals surface area contributed by atoms with Gasteiger partial charge in [-0.3, -0.25) is 4.79 Å². The smallest absolute Gasteiger partial charge is 0.221 e. The van der Waals surface area contributed by atoms with Gasteiger partial charge in [0, 0.05) is 24.5 Å². The number of carbonyl (C=O) groups is 1. The van der Waals surface area contributed by atoms with E-state index in [9.17, 15) is 4.79 Å². The van der Waals surface area contributed by atoms with Gasteiger partial charge in [-0.05, 0) is 32.6 Å². The lowest BCUT2D eigenvalue weighted by Crippen LogP contribution is -2.49. The molecule has 0 aromatic rings. The van der Waals surface area contributed by atoms with Crippen LogP contribution < -0.4 is 10.6 Å². The molecule has 3 nitrogen and oxygen atoms in total. The molecule has 1 saturated carbocycles. The van der Waals surface area contributed by atoms with Crippen molar-refractivity contribution in [2.45, 2.75) is 69.9 Å². The lowest BCUT2D eigenvalue weighted by Gasteiger charge is -2.38. The first-order valence-corrected chi connectivity index (χ1v) is 6.72. The molecule has 92 valence electrons. The quantitative estimate of drug-likeness (QED) is 0.753. The zero-order chi connectivity index (χ0) is 11.4. The zero-order valence-corrected chi connectivity index (χ0v) is 10.3. The maximum Gasteiger partial charge on any atom is 0.221 e. The predicted octanol–water partition coefficient (Wildman–Crippen LogP) is 1.97. The van der Waals surface area contributed by atoms with E-state index in [1.54, 1.807) is 0 Å². The van der Waals surface area contributed by atoms with E-state index < -0.39 is 0 Å². The molecule has 0 radical (unpaired) electrons. The van der Waals surface area contributed by atoms with Gasteiger partial charge in [-0.2, -0.15) is 0 Å². The summed E-state index contributed by atoms with van der Waals surface area (Å²) in [4.78, 5) is 11.5. The van der Waals surface area contributed by atoms with Crippen molar-refractivity contribution in [3.63, 3.8) is 0 Å². The van der Waals surface area contributed by atoms with E-state index in [4.69, 9.17) is 0 Å². The monoisotopic (exact) mass is 224 g/mol. The second-order valence-electron chi connectivity index (χ2n) is 5.66. The van der Waals surface area contributed by atoms with Crippen LogP contribution in [0.1, 0.15) is 58.3 Å². The average molecular weight is 224 g/mol. The average Bonchev–Trinajstić information content (AvgIpc) is 2.43. The first kappa shape index (κ1) is 11.9. The molecule has 2 N–H and O–H groups in total. The Morgan fingerprint density at radius 2 is 2.00 bits per heavy atom. The molecule has 0 aromatic heterocycles. The lowest BCUT2D eigenvalue weighted by atomic mass is 9.82. The van der Waals surface area contributed by atoms with Crippen molar-refractivity contribution in [2.24, 2.45) is 0 Å². The molecule has 16 heavy (non-hydrogen) atoms. The van der Waals surface area contributed by atoms with E-state index in [0.29, 0.717) is 12.5 Å². The first-order chi connectivity index (χ1) is 7.68. The molecule has 3 heteroatoms. The lowest BCUT2D eigenvalue weighted by molar-refractivity contribution is -0.121. The number of hydrogen-bond acceptors (Lipinski definition) is 2. The van der Waals surface area contributed by atoms with Gasteiger partial charge in [-0.1, -0.05) is 19.3 Å². The number of amides is 1. The van der Waals surface area contributed by atoms with E-state index >= 15 is 0 Å². The molecule has 0 bridgehead atoms. The molecular formula is C13H24N2O. The Morgan fingerprint density at radius 3 is 2.75 bits per heavy atom. The Bertz CT molecular complexity index is 246. The minimum Gasteiger partial charge on any atom is -0.356 e. The second kappa shape index (κ2) is 5.17. The Hall–Kier alpha value is -0.570. The first-order valence-electron chi connectivity index (χ1n) is 6.72. The van der Waals surface area contributed by atoms with Crippen molar-refractivity contribution in [3.8, 4) is 0 Å². The van der Waals surface area contributed by atoms with Gasteiger partial charge >= 0.3 is 0 Å². The summed E-state index contributed by atoms with van der Waals surface area (Å²) in [6.45, 7) is 3.18. The number of nitrogens with one attached hydrogen (secondary N) is 2. The van der Waals surface area contributed by atoms with Crippen LogP contribution in [0, 0.1) is 0 Å². The highest BCUT2D eigenvalue weighted by atomic mass is 16.1. The number of hydrogen-bond donors (Lipinski definition) is 2. The van der Waals surface area contributed by atoms with Crippen molar-refractivity contribution in [1.82, 2.24) is 10.6 Å². The fourth-order valence-electron chi connectivity index (χ4n) is 3.07. The minimum atomic E-state index is 0.217. The highest BCUT2D eigenvalue weighted by Gasteiger charge is 2.30. The van der Waals surface area contributed by atoms with Crippen LogP contribution in [0.25, 0.3) is 0 Å². The number of carbonyl (C=O) groups excluding carboxylic acids is 1. The normalized spacial score (nSPS) is 30.6. The van der Waals surface area contributed by atoms with Crippen molar-refractivity contribution in [2.75, 3.05) is 6.54 Å². The summed E-state index contributed by atoms with van der Waals surface area (Å²) >= 11 is 0. The van der Waals surface area contributed by atoms with Crippen molar-refractivity contribution in [1.29, 1.82) is 0 Å². The van der Waals surface area contributed by atoms with Crippen LogP contribution in [0.15, 0.2) is 0 Å². The van der Waals surface area contributed by atoms with Gasteiger partial charge in [0.25, 0.3) is 0 Å². The van der Waals surface area contributed by atoms with Gasteiger partial charge < -0.3 is 10.6 Å². The summed E-state index contributed by atoms with van der Waals surface area (Å²) in [5.41, 5.74) is 0.285. The van der Waals surface area contributed by atoms with Gasteiger partial charge in [-0.15, -0.1) is 0 Å². The van der Waals surface area contributed by atoms with E-state index in [0.717, 1.165) is 19.4 Å². The molecule has 1 atom stereocenters. The summed E-state index contributed by atoms with van der Waals surface area (Å²) in [6.07, 6.45) is 9.49. The standard InChI is InChI=1S/C13H24N2O/c1-13(7-3-2-4-8-13)15-11-6-5-9-14-12(16)10-11/h11,15H,2-10H2,1H3,(H,14,16). The van der Waals surface area contributed by atoms with Gasteiger partial charge in [0.1, 0.15) is 0 Å².